The normalized spacial score (nSPS) is 19.2. The molecule has 2 saturated carbocycles. The zero-order valence-corrected chi connectivity index (χ0v) is 26.0. The first-order valence-corrected chi connectivity index (χ1v) is 15.9. The van der Waals surface area contributed by atoms with Crippen LogP contribution in [0.4, 0.5) is 10.2 Å². The van der Waals surface area contributed by atoms with Crippen molar-refractivity contribution in [1.29, 1.82) is 0 Å². The lowest BCUT2D eigenvalue weighted by Crippen LogP contribution is -2.55. The van der Waals surface area contributed by atoms with Gasteiger partial charge in [-0.3, -0.25) is 13.9 Å². The molecule has 12 heteroatoms. The van der Waals surface area contributed by atoms with Gasteiger partial charge in [-0.1, -0.05) is 53.5 Å². The topological polar surface area (TPSA) is 100 Å². The van der Waals surface area contributed by atoms with Gasteiger partial charge >= 0.3 is 0 Å². The Morgan fingerprint density at radius 2 is 1.70 bits per heavy atom. The highest BCUT2D eigenvalue weighted by atomic mass is 35.5. The fourth-order valence-electron chi connectivity index (χ4n) is 4.73. The number of benzene rings is 2. The number of carbonyl (C=O) groups excluding carboxylic acids is 1. The van der Waals surface area contributed by atoms with Crippen LogP contribution in [0.3, 0.4) is 0 Å². The number of hydrogen-bond acceptors (Lipinski definition) is 5. The van der Waals surface area contributed by atoms with E-state index in [1.54, 1.807) is 16.4 Å². The highest BCUT2D eigenvalue weighted by molar-refractivity contribution is 7.87. The van der Waals surface area contributed by atoms with Gasteiger partial charge in [-0.15, -0.1) is 0 Å². The van der Waals surface area contributed by atoms with Gasteiger partial charge in [-0.2, -0.15) is 0 Å². The lowest BCUT2D eigenvalue weighted by Gasteiger charge is -2.43. The van der Waals surface area contributed by atoms with Crippen molar-refractivity contribution >= 4 is 51.9 Å². The van der Waals surface area contributed by atoms with Crippen LogP contribution in [0, 0.1) is 11.7 Å². The molecule has 1 aromatic heterocycles. The molecule has 1 amide bonds. The minimum Gasteiger partial charge on any atom is -0.481 e. The summed E-state index contributed by atoms with van der Waals surface area (Å²) in [5.74, 6) is -1.07. The third kappa shape index (κ3) is 9.72. The summed E-state index contributed by atoms with van der Waals surface area (Å²) in [5.41, 5.74) is 0.937. The summed E-state index contributed by atoms with van der Waals surface area (Å²) >= 11 is 11.6. The second-order valence-corrected chi connectivity index (χ2v) is 13.0. The van der Waals surface area contributed by atoms with Crippen molar-refractivity contribution in [1.82, 2.24) is 9.88 Å². The van der Waals surface area contributed by atoms with Crippen LogP contribution in [-0.2, 0) is 25.3 Å². The summed E-state index contributed by atoms with van der Waals surface area (Å²) in [6.45, 7) is 1.74. The van der Waals surface area contributed by atoms with E-state index in [9.17, 15) is 13.4 Å². The van der Waals surface area contributed by atoms with Crippen molar-refractivity contribution in [2.45, 2.75) is 49.9 Å². The van der Waals surface area contributed by atoms with Gasteiger partial charge < -0.3 is 14.7 Å². The number of halogens is 3. The van der Waals surface area contributed by atoms with E-state index in [0.29, 0.717) is 11.6 Å². The van der Waals surface area contributed by atoms with E-state index in [-0.39, 0.29) is 48.1 Å². The van der Waals surface area contributed by atoms with Crippen molar-refractivity contribution < 1.29 is 28.0 Å². The number of carbonyl (C=O) groups is 2. The molecular weight excluding hydrogens is 616 g/mol. The van der Waals surface area contributed by atoms with E-state index < -0.39 is 22.8 Å². The van der Waals surface area contributed by atoms with Crippen LogP contribution in [0.2, 0.25) is 10.0 Å². The van der Waals surface area contributed by atoms with Gasteiger partial charge in [-0.25, -0.2) is 13.6 Å². The standard InChI is InChI=1S/C23H25ClFN3O3S.C6H5Cl.C2H4O2/c24-17-7-5-16(6-8-17)21-13-31-14-22(29)28(21)20(15-3-4-15)12-27(32(30)18-9-10-18)23-19(25)2-1-11-26-23;7-6-4-2-1-3-5-6;1-2(3)4/h1-2,5-8,11,15,18,20-21H,3-4,9-10,12-14H2;1-5H;1H3,(H,3,4)/t20?,21-,32?;;/m0../s1. The second kappa shape index (κ2) is 15.6. The van der Waals surface area contributed by atoms with Crippen LogP contribution in [-0.4, -0.2) is 62.1 Å². The maximum absolute atomic E-state index is 14.7. The third-order valence-corrected chi connectivity index (χ3v) is 9.29. The first-order valence-electron chi connectivity index (χ1n) is 14.0. The molecule has 43 heavy (non-hydrogen) atoms. The molecule has 2 unspecified atom stereocenters. The Hall–Kier alpha value is -3.05. The maximum atomic E-state index is 14.7. The summed E-state index contributed by atoms with van der Waals surface area (Å²) in [4.78, 5) is 28.2. The molecule has 2 aliphatic carbocycles. The molecule has 3 aliphatic rings. The van der Waals surface area contributed by atoms with E-state index in [2.05, 4.69) is 4.98 Å². The zero-order chi connectivity index (χ0) is 30.9. The number of rotatable bonds is 8. The maximum Gasteiger partial charge on any atom is 0.300 e. The van der Waals surface area contributed by atoms with E-state index in [1.165, 1.54) is 18.3 Å². The predicted molar refractivity (Wildman–Crippen MR) is 166 cm³/mol. The van der Waals surface area contributed by atoms with Gasteiger partial charge in [0.2, 0.25) is 5.91 Å². The number of nitrogens with zero attached hydrogens (tertiary/aromatic N) is 3. The highest BCUT2D eigenvalue weighted by Crippen LogP contribution is 2.41. The number of anilines is 1. The van der Waals surface area contributed by atoms with Crippen molar-refractivity contribution in [3.8, 4) is 0 Å². The van der Waals surface area contributed by atoms with Crippen LogP contribution in [0.5, 0.6) is 0 Å². The quantitative estimate of drug-likeness (QED) is 0.307. The summed E-state index contributed by atoms with van der Waals surface area (Å²) in [7, 11) is -1.40. The number of carboxylic acids is 1. The Bertz CT molecular complexity index is 1390. The van der Waals surface area contributed by atoms with Crippen LogP contribution in [0.1, 0.15) is 44.2 Å². The van der Waals surface area contributed by atoms with Gasteiger partial charge in [-0.05, 0) is 73.6 Å². The molecule has 2 heterocycles. The Labute approximate surface area is 263 Å². The molecule has 3 fully saturated rings. The Morgan fingerprint density at radius 3 is 2.23 bits per heavy atom. The Kier molecular flexibility index (Phi) is 11.9. The molecule has 6 rings (SSSR count). The van der Waals surface area contributed by atoms with Crippen LogP contribution in [0.25, 0.3) is 0 Å². The molecule has 1 aliphatic heterocycles. The van der Waals surface area contributed by atoms with Crippen molar-refractivity contribution in [3.63, 3.8) is 0 Å². The van der Waals surface area contributed by atoms with Gasteiger partial charge in [0.1, 0.15) is 17.6 Å². The van der Waals surface area contributed by atoms with Crippen LogP contribution < -0.4 is 4.31 Å². The minimum atomic E-state index is -1.40. The molecule has 2 aromatic carbocycles. The predicted octanol–water partition coefficient (Wildman–Crippen LogP) is 6.32. The van der Waals surface area contributed by atoms with E-state index in [0.717, 1.165) is 43.2 Å². The van der Waals surface area contributed by atoms with Crippen molar-refractivity contribution in [3.05, 3.63) is 94.4 Å². The first-order chi connectivity index (χ1) is 20.7. The molecule has 8 nitrogen and oxygen atoms in total. The minimum absolute atomic E-state index is 0.0109. The smallest absolute Gasteiger partial charge is 0.300 e. The fraction of sp³-hybridized carbons (Fsp3) is 0.387. The molecule has 3 atom stereocenters. The van der Waals surface area contributed by atoms with Crippen LogP contribution >= 0.6 is 23.2 Å². The average Bonchev–Trinajstić information content (AvgIpc) is 3.90. The number of aliphatic carboxylic acids is 1. The monoisotopic (exact) mass is 649 g/mol. The molecule has 1 N–H and O–H groups in total. The van der Waals surface area contributed by atoms with Crippen molar-refractivity contribution in [2.75, 3.05) is 24.1 Å². The van der Waals surface area contributed by atoms with Crippen molar-refractivity contribution in [2.24, 2.45) is 5.92 Å². The first kappa shape index (κ1) is 32.9. The number of morpholine rings is 1. The van der Waals surface area contributed by atoms with Gasteiger partial charge in [0.25, 0.3) is 5.97 Å². The number of hydrogen-bond donors (Lipinski definition) is 1. The number of amides is 1. The van der Waals surface area contributed by atoms with E-state index in [4.69, 9.17) is 37.8 Å². The average molecular weight is 651 g/mol. The molecule has 0 spiro atoms. The Morgan fingerprint density at radius 1 is 1.07 bits per heavy atom. The summed E-state index contributed by atoms with van der Waals surface area (Å²) in [6.07, 6.45) is 5.19. The second-order valence-electron chi connectivity index (χ2n) is 10.4. The number of pyridine rings is 1. The Balaban J connectivity index is 0.000000326. The number of aromatic nitrogens is 1. The molecular formula is C31H34Cl2FN3O5S. The highest BCUT2D eigenvalue weighted by Gasteiger charge is 2.45. The molecule has 0 radical (unpaired) electrons. The van der Waals surface area contributed by atoms with Gasteiger partial charge in [0, 0.05) is 23.2 Å². The summed E-state index contributed by atoms with van der Waals surface area (Å²) in [6, 6.07) is 19.2. The summed E-state index contributed by atoms with van der Waals surface area (Å²) in [5, 5.41) is 8.85. The third-order valence-electron chi connectivity index (χ3n) is 6.99. The SMILES string of the molecule is CC(=O)O.Clc1ccccc1.O=C1COC[C@@H](c2ccc(Cl)cc2)N1C(CN(c1ncccc1F)S(=O)C1CC1)C1CC1. The van der Waals surface area contributed by atoms with E-state index in [1.807, 2.05) is 47.4 Å². The lowest BCUT2D eigenvalue weighted by molar-refractivity contribution is -0.152. The van der Waals surface area contributed by atoms with E-state index >= 15 is 0 Å². The lowest BCUT2D eigenvalue weighted by atomic mass is 10.00. The molecule has 1 saturated heterocycles. The zero-order valence-electron chi connectivity index (χ0n) is 23.7. The number of carboxylic acid groups (broad SMARTS) is 1. The fourth-order valence-corrected chi connectivity index (χ4v) is 6.50. The summed E-state index contributed by atoms with van der Waals surface area (Å²) < 4.78 is 35.2. The molecule has 0 bridgehead atoms. The molecule has 230 valence electrons. The van der Waals surface area contributed by atoms with Gasteiger partial charge in [0.05, 0.1) is 30.5 Å². The number of ether oxygens (including phenoxy) is 1. The largest absolute Gasteiger partial charge is 0.481 e. The molecule has 3 aromatic rings. The van der Waals surface area contributed by atoms with Crippen LogP contribution in [0.15, 0.2) is 72.9 Å². The van der Waals surface area contributed by atoms with Gasteiger partial charge in [0.15, 0.2) is 11.6 Å².